The zero-order valence-electron chi connectivity index (χ0n) is 11.8. The highest BCUT2D eigenvalue weighted by Gasteiger charge is 2.48. The van der Waals surface area contributed by atoms with Gasteiger partial charge in [-0.2, -0.15) is 21.6 Å². The third-order valence-electron chi connectivity index (χ3n) is 3.26. The van der Waals surface area contributed by atoms with Crippen LogP contribution in [0.3, 0.4) is 0 Å². The van der Waals surface area contributed by atoms with Gasteiger partial charge in [-0.1, -0.05) is 18.2 Å². The number of alkyl halides is 3. The number of hydrogen-bond acceptors (Lipinski definition) is 3. The van der Waals surface area contributed by atoms with Gasteiger partial charge in [0.1, 0.15) is 0 Å². The predicted octanol–water partition coefficient (Wildman–Crippen LogP) is 4.00. The van der Waals surface area contributed by atoms with Crippen molar-refractivity contribution in [3.63, 3.8) is 0 Å². The Bertz CT molecular complexity index is 995. The van der Waals surface area contributed by atoms with Crippen molar-refractivity contribution in [3.8, 4) is 11.4 Å². The molecule has 1 heterocycles. The Hall–Kier alpha value is -2.55. The summed E-state index contributed by atoms with van der Waals surface area (Å²) >= 11 is 0. The largest absolute Gasteiger partial charge is 0.534 e. The summed E-state index contributed by atoms with van der Waals surface area (Å²) in [5.74, 6) is -2.23. The summed E-state index contributed by atoms with van der Waals surface area (Å²) in [5.41, 5.74) is -4.57. The molecule has 24 heavy (non-hydrogen) atoms. The first-order valence-electron chi connectivity index (χ1n) is 6.56. The highest BCUT2D eigenvalue weighted by atomic mass is 32.2. The summed E-state index contributed by atoms with van der Waals surface area (Å²) < 4.78 is 78.6. The van der Waals surface area contributed by atoms with Crippen molar-refractivity contribution in [2.75, 3.05) is 0 Å². The summed E-state index contributed by atoms with van der Waals surface area (Å²) in [7, 11) is -5.93. The molecule has 2 aromatic carbocycles. The van der Waals surface area contributed by atoms with E-state index in [-0.39, 0.29) is 0 Å². The lowest BCUT2D eigenvalue weighted by Crippen LogP contribution is -2.28. The highest BCUT2D eigenvalue weighted by Crippen LogP contribution is 2.32. The fourth-order valence-electron chi connectivity index (χ4n) is 2.18. The number of hydrogen-bond donors (Lipinski definition) is 0. The van der Waals surface area contributed by atoms with Gasteiger partial charge >= 0.3 is 15.6 Å². The van der Waals surface area contributed by atoms with E-state index in [4.69, 9.17) is 0 Å². The van der Waals surface area contributed by atoms with Gasteiger partial charge in [-0.05, 0) is 24.3 Å². The van der Waals surface area contributed by atoms with E-state index in [2.05, 4.69) is 4.18 Å². The lowest BCUT2D eigenvalue weighted by molar-refractivity contribution is -0.0500. The molecule has 0 amide bonds. The predicted molar refractivity (Wildman–Crippen MR) is 78.8 cm³/mol. The summed E-state index contributed by atoms with van der Waals surface area (Å²) in [5, 5.41) is 0.327. The van der Waals surface area contributed by atoms with Crippen molar-refractivity contribution in [1.29, 1.82) is 0 Å². The molecule has 0 spiro atoms. The quantitative estimate of drug-likeness (QED) is 0.404. The van der Waals surface area contributed by atoms with Crippen molar-refractivity contribution in [2.45, 2.75) is 5.51 Å². The molecule has 1 aromatic heterocycles. The Morgan fingerprint density at radius 1 is 1.00 bits per heavy atom. The summed E-state index contributed by atoms with van der Waals surface area (Å²) in [6.45, 7) is 0. The maximum atomic E-state index is 14.0. The molecule has 0 saturated carbocycles. The molecular formula is C15H9F4NO3S. The van der Waals surface area contributed by atoms with Crippen LogP contribution in [0.4, 0.5) is 17.6 Å². The third kappa shape index (κ3) is 2.82. The number of rotatable bonds is 3. The van der Waals surface area contributed by atoms with E-state index in [1.165, 1.54) is 6.07 Å². The number of benzene rings is 2. The van der Waals surface area contributed by atoms with Crippen LogP contribution in [-0.4, -0.2) is 18.5 Å². The second-order valence-electron chi connectivity index (χ2n) is 4.85. The van der Waals surface area contributed by atoms with Gasteiger partial charge in [0.15, 0.2) is 11.6 Å². The molecule has 0 unspecified atom stereocenters. The number of fused-ring (bicyclic) bond motifs is 1. The van der Waals surface area contributed by atoms with Gasteiger partial charge in [-0.25, -0.2) is 4.39 Å². The van der Waals surface area contributed by atoms with Gasteiger partial charge in [-0.3, -0.25) is 0 Å². The topological polar surface area (TPSA) is 48.3 Å². The van der Waals surface area contributed by atoms with Gasteiger partial charge < -0.3 is 8.75 Å². The van der Waals surface area contributed by atoms with Crippen molar-refractivity contribution in [2.24, 2.45) is 0 Å². The van der Waals surface area contributed by atoms with Crippen LogP contribution in [0.5, 0.6) is 5.75 Å². The monoisotopic (exact) mass is 359 g/mol. The normalized spacial score (nSPS) is 12.5. The molecule has 0 bridgehead atoms. The standard InChI is InChI=1S/C15H9F4NO3S/c16-12-9-13-10(6-7-20(13)11-4-2-1-3-5-11)8-14(12)23-24(21,22)15(17,18)19/h1-9H. The van der Waals surface area contributed by atoms with Crippen LogP contribution in [0.1, 0.15) is 0 Å². The van der Waals surface area contributed by atoms with E-state index in [1.54, 1.807) is 41.1 Å². The number of nitrogens with zero attached hydrogens (tertiary/aromatic N) is 1. The minimum Gasteiger partial charge on any atom is -0.373 e. The van der Waals surface area contributed by atoms with E-state index in [1.807, 2.05) is 0 Å². The SMILES string of the molecule is O=S(=O)(Oc1cc2ccn(-c3ccccc3)c2cc1F)C(F)(F)F. The average Bonchev–Trinajstić information content (AvgIpc) is 2.90. The minimum absolute atomic E-state index is 0.327. The second-order valence-corrected chi connectivity index (χ2v) is 6.38. The van der Waals surface area contributed by atoms with Crippen LogP contribution in [-0.2, 0) is 10.1 Å². The summed E-state index contributed by atoms with van der Waals surface area (Å²) in [4.78, 5) is 0. The molecule has 4 nitrogen and oxygen atoms in total. The van der Waals surface area contributed by atoms with E-state index in [0.29, 0.717) is 16.6 Å². The Kier molecular flexibility index (Phi) is 3.75. The first-order valence-corrected chi connectivity index (χ1v) is 7.97. The van der Waals surface area contributed by atoms with E-state index in [9.17, 15) is 26.0 Å². The molecule has 3 rings (SSSR count). The van der Waals surface area contributed by atoms with E-state index >= 15 is 0 Å². The Labute approximate surface area is 134 Å². The van der Waals surface area contributed by atoms with Crippen molar-refractivity contribution >= 4 is 21.0 Å². The molecular weight excluding hydrogens is 350 g/mol. The maximum Gasteiger partial charge on any atom is 0.534 e. The fourth-order valence-corrected chi connectivity index (χ4v) is 2.64. The summed E-state index contributed by atoms with van der Waals surface area (Å²) in [6.07, 6.45) is 1.58. The van der Waals surface area contributed by atoms with Gasteiger partial charge in [0.05, 0.1) is 5.52 Å². The molecule has 0 aliphatic heterocycles. The van der Waals surface area contributed by atoms with E-state index < -0.39 is 27.2 Å². The number of halogens is 4. The molecule has 0 fully saturated rings. The molecule has 0 saturated heterocycles. The van der Waals surface area contributed by atoms with E-state index in [0.717, 1.165) is 12.1 Å². The Morgan fingerprint density at radius 2 is 1.67 bits per heavy atom. The zero-order valence-corrected chi connectivity index (χ0v) is 12.6. The van der Waals surface area contributed by atoms with Gasteiger partial charge in [-0.15, -0.1) is 0 Å². The molecule has 0 N–H and O–H groups in total. The molecule has 9 heteroatoms. The second kappa shape index (κ2) is 5.52. The average molecular weight is 359 g/mol. The Balaban J connectivity index is 2.07. The molecule has 0 radical (unpaired) electrons. The lowest BCUT2D eigenvalue weighted by Gasteiger charge is -2.11. The number of aromatic nitrogens is 1. The maximum absolute atomic E-state index is 14.0. The fraction of sp³-hybridized carbons (Fsp3) is 0.0667. The van der Waals surface area contributed by atoms with Crippen LogP contribution < -0.4 is 4.18 Å². The lowest BCUT2D eigenvalue weighted by atomic mass is 10.2. The van der Waals surface area contributed by atoms with Crippen LogP contribution in [0.2, 0.25) is 0 Å². The van der Waals surface area contributed by atoms with Gasteiger partial charge in [0.25, 0.3) is 0 Å². The molecule has 0 aliphatic carbocycles. The van der Waals surface area contributed by atoms with Gasteiger partial charge in [0.2, 0.25) is 0 Å². The van der Waals surface area contributed by atoms with Crippen LogP contribution in [0.15, 0.2) is 54.7 Å². The molecule has 0 aliphatic rings. The van der Waals surface area contributed by atoms with Crippen LogP contribution in [0, 0.1) is 5.82 Å². The zero-order chi connectivity index (χ0) is 17.5. The molecule has 0 atom stereocenters. The van der Waals surface area contributed by atoms with Crippen LogP contribution in [0.25, 0.3) is 16.6 Å². The molecule has 3 aromatic rings. The highest BCUT2D eigenvalue weighted by molar-refractivity contribution is 7.88. The minimum atomic E-state index is -5.93. The molecule has 126 valence electrons. The van der Waals surface area contributed by atoms with Crippen molar-refractivity contribution in [1.82, 2.24) is 4.57 Å². The first-order chi connectivity index (χ1) is 11.2. The number of para-hydroxylation sites is 1. The van der Waals surface area contributed by atoms with Crippen LogP contribution >= 0.6 is 0 Å². The smallest absolute Gasteiger partial charge is 0.373 e. The van der Waals surface area contributed by atoms with Crippen molar-refractivity contribution in [3.05, 3.63) is 60.5 Å². The van der Waals surface area contributed by atoms with Crippen molar-refractivity contribution < 1.29 is 30.2 Å². The van der Waals surface area contributed by atoms with Gasteiger partial charge in [0, 0.05) is 23.3 Å². The third-order valence-corrected chi connectivity index (χ3v) is 4.23. The first kappa shape index (κ1) is 16.3. The Morgan fingerprint density at radius 3 is 2.29 bits per heavy atom. The summed E-state index contributed by atoms with van der Waals surface area (Å²) in [6, 6.07) is 12.2.